The van der Waals surface area contributed by atoms with E-state index in [1.165, 1.54) is 43.4 Å². The van der Waals surface area contributed by atoms with Gasteiger partial charge in [-0.1, -0.05) is 0 Å². The van der Waals surface area contributed by atoms with Crippen LogP contribution < -0.4 is 14.4 Å². The molecular formula is C20H21N3O6. The van der Waals surface area contributed by atoms with Gasteiger partial charge in [-0.3, -0.25) is 19.7 Å². The van der Waals surface area contributed by atoms with Crippen LogP contribution in [0.5, 0.6) is 11.5 Å². The molecule has 9 nitrogen and oxygen atoms in total. The molecule has 1 aliphatic heterocycles. The number of hydrogen-bond donors (Lipinski definition) is 0. The maximum absolute atomic E-state index is 13.0. The first kappa shape index (κ1) is 20.1. The number of nitrogens with zero attached hydrogens (tertiary/aromatic N) is 3. The van der Waals surface area contributed by atoms with Gasteiger partial charge in [-0.05, 0) is 31.2 Å². The van der Waals surface area contributed by atoms with Crippen LogP contribution in [0, 0.1) is 10.1 Å². The second-order valence-corrected chi connectivity index (χ2v) is 6.51. The Hall–Kier alpha value is -3.62. The fourth-order valence-corrected chi connectivity index (χ4v) is 3.29. The number of carbonyl (C=O) groups is 2. The first-order valence-electron chi connectivity index (χ1n) is 8.96. The third-order valence-electron chi connectivity index (χ3n) is 4.92. The number of non-ortho nitro benzene ring substituents is 1. The normalized spacial score (nSPS) is 16.5. The molecule has 2 aromatic carbocycles. The van der Waals surface area contributed by atoms with Crippen molar-refractivity contribution in [3.05, 3.63) is 58.1 Å². The summed E-state index contributed by atoms with van der Waals surface area (Å²) in [5, 5.41) is 10.8. The third-order valence-corrected chi connectivity index (χ3v) is 4.92. The number of hydrogen-bond acceptors (Lipinski definition) is 6. The van der Waals surface area contributed by atoms with Crippen LogP contribution in [-0.4, -0.2) is 55.0 Å². The first-order chi connectivity index (χ1) is 13.9. The summed E-state index contributed by atoms with van der Waals surface area (Å²) in [5.74, 6) is 0.517. The largest absolute Gasteiger partial charge is 0.497 e. The summed E-state index contributed by atoms with van der Waals surface area (Å²) < 4.78 is 10.6. The Kier molecular flexibility index (Phi) is 5.67. The van der Waals surface area contributed by atoms with Gasteiger partial charge in [0.2, 0.25) is 5.91 Å². The lowest BCUT2D eigenvalue weighted by Gasteiger charge is -2.39. The highest BCUT2D eigenvalue weighted by atomic mass is 16.6. The van der Waals surface area contributed by atoms with E-state index in [-0.39, 0.29) is 24.0 Å². The molecule has 2 aromatic rings. The summed E-state index contributed by atoms with van der Waals surface area (Å²) >= 11 is 0. The molecule has 9 heteroatoms. The van der Waals surface area contributed by atoms with Crippen LogP contribution in [0.4, 0.5) is 11.4 Å². The molecule has 2 amide bonds. The lowest BCUT2D eigenvalue weighted by Crippen LogP contribution is -2.57. The molecule has 1 atom stereocenters. The van der Waals surface area contributed by atoms with Crippen LogP contribution in [0.3, 0.4) is 0 Å². The van der Waals surface area contributed by atoms with Crippen LogP contribution in [0.2, 0.25) is 0 Å². The smallest absolute Gasteiger partial charge is 0.269 e. The van der Waals surface area contributed by atoms with Gasteiger partial charge in [-0.15, -0.1) is 0 Å². The summed E-state index contributed by atoms with van der Waals surface area (Å²) in [5.41, 5.74) is 0.773. The number of ether oxygens (including phenoxy) is 2. The van der Waals surface area contributed by atoms with Crippen molar-refractivity contribution in [2.45, 2.75) is 13.0 Å². The van der Waals surface area contributed by atoms with Crippen LogP contribution in [0.25, 0.3) is 0 Å². The first-order valence-corrected chi connectivity index (χ1v) is 8.96. The molecule has 0 bridgehead atoms. The molecule has 0 aromatic heterocycles. The predicted octanol–water partition coefficient (Wildman–Crippen LogP) is 2.49. The highest BCUT2D eigenvalue weighted by Crippen LogP contribution is 2.34. The van der Waals surface area contributed by atoms with E-state index in [4.69, 9.17) is 9.47 Å². The summed E-state index contributed by atoms with van der Waals surface area (Å²) in [4.78, 5) is 39.2. The minimum atomic E-state index is -0.706. The molecular weight excluding hydrogens is 378 g/mol. The summed E-state index contributed by atoms with van der Waals surface area (Å²) in [7, 11) is 3.06. The van der Waals surface area contributed by atoms with Gasteiger partial charge in [0.25, 0.3) is 11.6 Å². The number of nitro groups is 1. The topological polar surface area (TPSA) is 102 Å². The van der Waals surface area contributed by atoms with E-state index >= 15 is 0 Å². The molecule has 1 fully saturated rings. The molecule has 0 spiro atoms. The number of methoxy groups -OCH3 is 2. The zero-order chi connectivity index (χ0) is 21.1. The van der Waals surface area contributed by atoms with Crippen molar-refractivity contribution >= 4 is 23.2 Å². The summed E-state index contributed by atoms with van der Waals surface area (Å²) in [6, 6.07) is 9.82. The zero-order valence-corrected chi connectivity index (χ0v) is 16.3. The van der Waals surface area contributed by atoms with Crippen molar-refractivity contribution in [2.75, 3.05) is 32.2 Å². The highest BCUT2D eigenvalue weighted by molar-refractivity contribution is 6.04. The second-order valence-electron chi connectivity index (χ2n) is 6.51. The molecule has 0 unspecified atom stereocenters. The molecule has 1 heterocycles. The van der Waals surface area contributed by atoms with Crippen molar-refractivity contribution in [1.29, 1.82) is 0 Å². The molecule has 0 radical (unpaired) electrons. The Balaban J connectivity index is 1.82. The summed E-state index contributed by atoms with van der Waals surface area (Å²) in [6.45, 7) is 2.25. The van der Waals surface area contributed by atoms with Crippen molar-refractivity contribution in [3.8, 4) is 11.5 Å². The number of carbonyl (C=O) groups excluding carboxylic acids is 2. The molecule has 0 saturated carbocycles. The predicted molar refractivity (Wildman–Crippen MR) is 105 cm³/mol. The fourth-order valence-electron chi connectivity index (χ4n) is 3.29. The average molecular weight is 399 g/mol. The van der Waals surface area contributed by atoms with E-state index in [0.717, 1.165) is 0 Å². The average Bonchev–Trinajstić information content (AvgIpc) is 2.74. The van der Waals surface area contributed by atoms with Gasteiger partial charge in [-0.2, -0.15) is 0 Å². The Bertz CT molecular complexity index is 944. The van der Waals surface area contributed by atoms with Crippen molar-refractivity contribution in [1.82, 2.24) is 4.90 Å². The van der Waals surface area contributed by atoms with Crippen LogP contribution in [-0.2, 0) is 4.79 Å². The van der Waals surface area contributed by atoms with E-state index in [9.17, 15) is 19.7 Å². The number of anilines is 1. The van der Waals surface area contributed by atoms with Gasteiger partial charge in [-0.25, -0.2) is 0 Å². The van der Waals surface area contributed by atoms with Crippen molar-refractivity contribution in [2.24, 2.45) is 0 Å². The number of amides is 2. The van der Waals surface area contributed by atoms with Crippen LogP contribution >= 0.6 is 0 Å². The van der Waals surface area contributed by atoms with Gasteiger partial charge in [0.15, 0.2) is 0 Å². The van der Waals surface area contributed by atoms with E-state index in [1.54, 1.807) is 30.0 Å². The van der Waals surface area contributed by atoms with E-state index < -0.39 is 11.0 Å². The number of piperazine rings is 1. The van der Waals surface area contributed by atoms with Crippen molar-refractivity contribution in [3.63, 3.8) is 0 Å². The molecule has 0 N–H and O–H groups in total. The van der Waals surface area contributed by atoms with E-state index in [1.807, 2.05) is 0 Å². The molecule has 1 saturated heterocycles. The number of rotatable bonds is 5. The number of benzene rings is 2. The molecule has 3 rings (SSSR count). The Morgan fingerprint density at radius 2 is 1.79 bits per heavy atom. The fraction of sp³-hybridized carbons (Fsp3) is 0.300. The SMILES string of the molecule is COc1ccc(OC)c(N2CCN(C(=O)c3ccc([N+](=O)[O-])cc3)[C@H](C)C2=O)c1. The zero-order valence-electron chi connectivity index (χ0n) is 16.3. The monoisotopic (exact) mass is 399 g/mol. The maximum atomic E-state index is 13.0. The number of nitro benzene ring substituents is 1. The second kappa shape index (κ2) is 8.17. The highest BCUT2D eigenvalue weighted by Gasteiger charge is 2.36. The van der Waals surface area contributed by atoms with E-state index in [0.29, 0.717) is 29.3 Å². The molecule has 0 aliphatic carbocycles. The Morgan fingerprint density at radius 1 is 1.10 bits per heavy atom. The van der Waals surface area contributed by atoms with Crippen LogP contribution in [0.1, 0.15) is 17.3 Å². The minimum Gasteiger partial charge on any atom is -0.497 e. The van der Waals surface area contributed by atoms with Gasteiger partial charge in [0.1, 0.15) is 17.5 Å². The van der Waals surface area contributed by atoms with Gasteiger partial charge in [0.05, 0.1) is 24.8 Å². The minimum absolute atomic E-state index is 0.0967. The third kappa shape index (κ3) is 3.84. The molecule has 1 aliphatic rings. The van der Waals surface area contributed by atoms with Gasteiger partial charge >= 0.3 is 0 Å². The van der Waals surface area contributed by atoms with Gasteiger partial charge in [0, 0.05) is 36.9 Å². The quantitative estimate of drug-likeness (QED) is 0.565. The molecule has 152 valence electrons. The lowest BCUT2D eigenvalue weighted by molar-refractivity contribution is -0.384. The van der Waals surface area contributed by atoms with E-state index in [2.05, 4.69) is 0 Å². The molecule has 29 heavy (non-hydrogen) atoms. The standard InChI is InChI=1S/C20H21N3O6/c1-13-19(24)22(17-12-16(28-2)8-9-18(17)29-3)11-10-21(13)20(25)14-4-6-15(7-5-14)23(26)27/h4-9,12-13H,10-11H2,1-3H3/t13-/m1/s1. The summed E-state index contributed by atoms with van der Waals surface area (Å²) in [6.07, 6.45) is 0. The Labute approximate surface area is 167 Å². The maximum Gasteiger partial charge on any atom is 0.269 e. The Morgan fingerprint density at radius 3 is 2.38 bits per heavy atom. The van der Waals surface area contributed by atoms with Gasteiger partial charge < -0.3 is 19.3 Å². The van der Waals surface area contributed by atoms with Crippen molar-refractivity contribution < 1.29 is 24.0 Å². The lowest BCUT2D eigenvalue weighted by atomic mass is 10.1. The van der Waals surface area contributed by atoms with Crippen LogP contribution in [0.15, 0.2) is 42.5 Å².